The molecule has 17 heavy (non-hydrogen) atoms. The zero-order valence-electron chi connectivity index (χ0n) is 8.55. The van der Waals surface area contributed by atoms with Crippen LogP contribution in [0.2, 0.25) is 0 Å². The molecule has 7 nitrogen and oxygen atoms in total. The summed E-state index contributed by atoms with van der Waals surface area (Å²) in [6, 6.07) is 2.85. The Labute approximate surface area is 104 Å². The van der Waals surface area contributed by atoms with Crippen LogP contribution >= 0.6 is 15.9 Å². The molecule has 1 heterocycles. The molecule has 0 aliphatic carbocycles. The van der Waals surface area contributed by atoms with Crippen molar-refractivity contribution >= 4 is 27.8 Å². The van der Waals surface area contributed by atoms with Gasteiger partial charge in [0.05, 0.1) is 0 Å². The van der Waals surface area contributed by atoms with Gasteiger partial charge in [0, 0.05) is 16.7 Å². The average Bonchev–Trinajstić information content (AvgIpc) is 2.23. The van der Waals surface area contributed by atoms with Crippen molar-refractivity contribution in [3.8, 4) is 0 Å². The Balaban J connectivity index is 2.53. The summed E-state index contributed by atoms with van der Waals surface area (Å²) in [6.45, 7) is -0.892. The first-order valence-electron chi connectivity index (χ1n) is 4.47. The van der Waals surface area contributed by atoms with Crippen LogP contribution in [0.5, 0.6) is 0 Å². The molecule has 0 saturated heterocycles. The van der Waals surface area contributed by atoms with Gasteiger partial charge in [-0.3, -0.25) is 14.4 Å². The van der Waals surface area contributed by atoms with E-state index in [2.05, 4.69) is 20.8 Å². The number of carbonyl (C=O) groups is 2. The monoisotopic (exact) mass is 304 g/mol. The van der Waals surface area contributed by atoms with Gasteiger partial charge in [-0.25, -0.2) is 10.3 Å². The summed E-state index contributed by atoms with van der Waals surface area (Å²) in [5.41, 5.74) is 1.57. The molecule has 1 aromatic rings. The van der Waals surface area contributed by atoms with Crippen LogP contribution in [0.4, 0.5) is 0 Å². The average molecular weight is 305 g/mol. The molecule has 0 radical (unpaired) electrons. The number of pyridine rings is 1. The van der Waals surface area contributed by atoms with Crippen LogP contribution in [-0.4, -0.2) is 28.2 Å². The lowest BCUT2D eigenvalue weighted by Crippen LogP contribution is -2.33. The van der Waals surface area contributed by atoms with Gasteiger partial charge in [-0.15, -0.1) is 0 Å². The van der Waals surface area contributed by atoms with Crippen molar-refractivity contribution in [3.63, 3.8) is 0 Å². The maximum Gasteiger partial charge on any atom is 0.332 e. The molecular formula is C9H9BrN2O5. The highest BCUT2D eigenvalue weighted by molar-refractivity contribution is 9.10. The molecule has 2 N–H and O–H groups in total. The van der Waals surface area contributed by atoms with E-state index in [9.17, 15) is 14.4 Å². The second-order valence-electron chi connectivity index (χ2n) is 3.02. The molecule has 0 atom stereocenters. The molecule has 1 amide bonds. The fraction of sp³-hybridized carbons (Fsp3) is 0.222. The molecule has 1 rings (SSSR count). The van der Waals surface area contributed by atoms with Crippen molar-refractivity contribution in [2.45, 2.75) is 6.54 Å². The minimum absolute atomic E-state index is 0.252. The predicted octanol–water partition coefficient (Wildman–Crippen LogP) is -0.257. The largest absolute Gasteiger partial charge is 0.479 e. The number of rotatable bonds is 5. The van der Waals surface area contributed by atoms with Crippen molar-refractivity contribution in [3.05, 3.63) is 33.2 Å². The van der Waals surface area contributed by atoms with E-state index in [0.717, 1.165) is 4.57 Å². The highest BCUT2D eigenvalue weighted by Crippen LogP contribution is 2.04. The second-order valence-corrected chi connectivity index (χ2v) is 3.94. The topological polar surface area (TPSA) is 97.6 Å². The minimum atomic E-state index is -1.20. The molecule has 0 saturated carbocycles. The lowest BCUT2D eigenvalue weighted by Gasteiger charge is -2.06. The van der Waals surface area contributed by atoms with Crippen LogP contribution in [0, 0.1) is 0 Å². The van der Waals surface area contributed by atoms with E-state index in [1.165, 1.54) is 12.3 Å². The van der Waals surface area contributed by atoms with Gasteiger partial charge in [-0.2, -0.15) is 0 Å². The molecular weight excluding hydrogens is 296 g/mol. The quantitative estimate of drug-likeness (QED) is 0.731. The summed E-state index contributed by atoms with van der Waals surface area (Å²) in [7, 11) is 0. The fourth-order valence-electron chi connectivity index (χ4n) is 0.991. The number of nitrogens with zero attached hydrogens (tertiary/aromatic N) is 1. The van der Waals surface area contributed by atoms with Gasteiger partial charge in [0.25, 0.3) is 11.5 Å². The first-order chi connectivity index (χ1) is 7.99. The molecule has 1 aromatic heterocycles. The van der Waals surface area contributed by atoms with E-state index < -0.39 is 18.5 Å². The first-order valence-corrected chi connectivity index (χ1v) is 5.27. The van der Waals surface area contributed by atoms with Gasteiger partial charge in [0.2, 0.25) is 0 Å². The SMILES string of the molecule is O=C(O)CONC(=O)Cn1cc(Br)ccc1=O. The third-order valence-corrected chi connectivity index (χ3v) is 2.11. The molecule has 8 heteroatoms. The van der Waals surface area contributed by atoms with Gasteiger partial charge < -0.3 is 9.67 Å². The highest BCUT2D eigenvalue weighted by Gasteiger charge is 2.05. The van der Waals surface area contributed by atoms with E-state index in [1.54, 1.807) is 6.07 Å². The Bertz CT molecular complexity index is 485. The fourth-order valence-corrected chi connectivity index (χ4v) is 1.37. The van der Waals surface area contributed by atoms with E-state index in [-0.39, 0.29) is 12.1 Å². The first kappa shape index (κ1) is 13.4. The number of aliphatic carboxylic acids is 1. The molecule has 92 valence electrons. The molecule has 0 aromatic carbocycles. The minimum Gasteiger partial charge on any atom is -0.479 e. The van der Waals surface area contributed by atoms with E-state index in [0.29, 0.717) is 4.47 Å². The number of halogens is 1. The van der Waals surface area contributed by atoms with E-state index in [1.807, 2.05) is 5.48 Å². The Kier molecular flexibility index (Phi) is 4.85. The maximum absolute atomic E-state index is 11.3. The molecule has 0 aliphatic heterocycles. The lowest BCUT2D eigenvalue weighted by atomic mass is 10.4. The van der Waals surface area contributed by atoms with Crippen LogP contribution < -0.4 is 11.0 Å². The predicted molar refractivity (Wildman–Crippen MR) is 60.1 cm³/mol. The van der Waals surface area contributed by atoms with Crippen molar-refractivity contribution in [1.29, 1.82) is 0 Å². The maximum atomic E-state index is 11.3. The number of hydrogen-bond donors (Lipinski definition) is 2. The van der Waals surface area contributed by atoms with Crippen LogP contribution in [0.1, 0.15) is 0 Å². The van der Waals surface area contributed by atoms with E-state index >= 15 is 0 Å². The van der Waals surface area contributed by atoms with Crippen molar-refractivity contribution < 1.29 is 19.5 Å². The third kappa shape index (κ3) is 4.79. The number of amides is 1. The Morgan fingerprint density at radius 1 is 1.47 bits per heavy atom. The summed E-state index contributed by atoms with van der Waals surface area (Å²) >= 11 is 3.16. The highest BCUT2D eigenvalue weighted by atomic mass is 79.9. The van der Waals surface area contributed by atoms with Gasteiger partial charge in [0.15, 0.2) is 6.61 Å². The zero-order chi connectivity index (χ0) is 12.8. The summed E-state index contributed by atoms with van der Waals surface area (Å²) in [5.74, 6) is -1.82. The Morgan fingerprint density at radius 2 is 2.18 bits per heavy atom. The third-order valence-electron chi connectivity index (χ3n) is 1.64. The van der Waals surface area contributed by atoms with Crippen molar-refractivity contribution in [2.24, 2.45) is 0 Å². The van der Waals surface area contributed by atoms with E-state index in [4.69, 9.17) is 5.11 Å². The number of carboxylic acids is 1. The summed E-state index contributed by atoms with van der Waals surface area (Å²) < 4.78 is 1.81. The second kappa shape index (κ2) is 6.16. The summed E-state index contributed by atoms with van der Waals surface area (Å²) in [6.07, 6.45) is 1.44. The summed E-state index contributed by atoms with van der Waals surface area (Å²) in [5, 5.41) is 8.26. The molecule has 0 spiro atoms. The number of hydrogen-bond acceptors (Lipinski definition) is 4. The number of nitrogens with one attached hydrogen (secondary N) is 1. The molecule has 0 unspecified atom stereocenters. The van der Waals surface area contributed by atoms with Crippen LogP contribution in [-0.2, 0) is 21.0 Å². The van der Waals surface area contributed by atoms with Crippen molar-refractivity contribution in [1.82, 2.24) is 10.0 Å². The van der Waals surface area contributed by atoms with Gasteiger partial charge in [0.1, 0.15) is 6.54 Å². The number of aromatic nitrogens is 1. The standard InChI is InChI=1S/C9H9BrN2O5/c10-6-1-2-8(14)12(3-6)4-7(13)11-17-5-9(15)16/h1-3H,4-5H2,(H,11,13)(H,15,16). The molecule has 0 fully saturated rings. The molecule has 0 bridgehead atoms. The molecule has 0 aliphatic rings. The number of hydroxylamine groups is 1. The Morgan fingerprint density at radius 3 is 2.82 bits per heavy atom. The lowest BCUT2D eigenvalue weighted by molar-refractivity contribution is -0.149. The Hall–Kier alpha value is -1.67. The smallest absolute Gasteiger partial charge is 0.332 e. The van der Waals surface area contributed by atoms with Gasteiger partial charge in [-0.05, 0) is 22.0 Å². The van der Waals surface area contributed by atoms with Crippen LogP contribution in [0.15, 0.2) is 27.6 Å². The number of carbonyl (C=O) groups excluding carboxylic acids is 1. The van der Waals surface area contributed by atoms with Crippen LogP contribution in [0.3, 0.4) is 0 Å². The van der Waals surface area contributed by atoms with Crippen molar-refractivity contribution in [2.75, 3.05) is 6.61 Å². The summed E-state index contributed by atoms with van der Waals surface area (Å²) in [4.78, 5) is 37.0. The van der Waals surface area contributed by atoms with Gasteiger partial charge in [-0.1, -0.05) is 0 Å². The number of carboxylic acid groups (broad SMARTS) is 1. The van der Waals surface area contributed by atoms with Gasteiger partial charge >= 0.3 is 5.97 Å². The normalized spacial score (nSPS) is 9.94. The van der Waals surface area contributed by atoms with Crippen LogP contribution in [0.25, 0.3) is 0 Å². The zero-order valence-corrected chi connectivity index (χ0v) is 10.1.